The highest BCUT2D eigenvalue weighted by Gasteiger charge is 2.13. The molecule has 90 valence electrons. The highest BCUT2D eigenvalue weighted by atomic mass is 79.9. The number of alkyl halides is 1. The number of hydrogen-bond acceptors (Lipinski definition) is 3. The minimum Gasteiger partial charge on any atom is -0.466 e. The molecule has 0 saturated carbocycles. The third-order valence-electron chi connectivity index (χ3n) is 2.16. The van der Waals surface area contributed by atoms with Crippen molar-refractivity contribution in [2.45, 2.75) is 18.7 Å². The van der Waals surface area contributed by atoms with Crippen molar-refractivity contribution in [3.05, 3.63) is 33.8 Å². The first-order chi connectivity index (χ1) is 8.12. The second-order valence-corrected chi connectivity index (χ2v) is 4.30. The lowest BCUT2D eigenvalue weighted by molar-refractivity contribution is -0.142. The molecule has 0 N–H and O–H groups in total. The molecule has 0 radical (unpaired) electrons. The van der Waals surface area contributed by atoms with E-state index >= 15 is 0 Å². The van der Waals surface area contributed by atoms with E-state index in [0.29, 0.717) is 28.1 Å². The normalized spacial score (nSPS) is 9.76. The predicted octanol–water partition coefficient (Wildman–Crippen LogP) is 3.21. The molecule has 0 spiro atoms. The summed E-state index contributed by atoms with van der Waals surface area (Å²) in [7, 11) is 0. The van der Waals surface area contributed by atoms with Gasteiger partial charge in [0.1, 0.15) is 0 Å². The maximum absolute atomic E-state index is 11.4. The van der Waals surface area contributed by atoms with E-state index in [2.05, 4.69) is 15.9 Å². The maximum atomic E-state index is 11.4. The summed E-state index contributed by atoms with van der Waals surface area (Å²) >= 11 is 9.35. The molecule has 0 aliphatic carbocycles. The smallest absolute Gasteiger partial charge is 0.310 e. The molecule has 0 amide bonds. The number of rotatable bonds is 4. The van der Waals surface area contributed by atoms with Crippen LogP contribution in [-0.2, 0) is 21.3 Å². The van der Waals surface area contributed by atoms with Crippen LogP contribution in [-0.4, -0.2) is 12.6 Å². The van der Waals surface area contributed by atoms with Crippen LogP contribution in [0.15, 0.2) is 12.1 Å². The van der Waals surface area contributed by atoms with E-state index in [0.717, 1.165) is 5.56 Å². The Hall–Kier alpha value is -1.05. The van der Waals surface area contributed by atoms with Crippen LogP contribution in [0.3, 0.4) is 0 Å². The lowest BCUT2D eigenvalue weighted by Crippen LogP contribution is -2.09. The Balaban J connectivity index is 3.07. The monoisotopic (exact) mass is 315 g/mol. The molecule has 1 aromatic rings. The Morgan fingerprint density at radius 2 is 2.29 bits per heavy atom. The molecule has 0 saturated heterocycles. The molecule has 1 rings (SSSR count). The van der Waals surface area contributed by atoms with E-state index in [-0.39, 0.29) is 12.4 Å². The van der Waals surface area contributed by atoms with Gasteiger partial charge >= 0.3 is 5.97 Å². The quantitative estimate of drug-likeness (QED) is 0.633. The number of carbonyl (C=O) groups is 1. The van der Waals surface area contributed by atoms with Crippen LogP contribution < -0.4 is 0 Å². The zero-order chi connectivity index (χ0) is 12.8. The van der Waals surface area contributed by atoms with Gasteiger partial charge in [-0.25, -0.2) is 0 Å². The van der Waals surface area contributed by atoms with Gasteiger partial charge in [-0.2, -0.15) is 5.26 Å². The first-order valence-electron chi connectivity index (χ1n) is 5.05. The fraction of sp³-hybridized carbons (Fsp3) is 0.333. The van der Waals surface area contributed by atoms with Gasteiger partial charge in [0.15, 0.2) is 0 Å². The van der Waals surface area contributed by atoms with Crippen molar-refractivity contribution < 1.29 is 9.53 Å². The van der Waals surface area contributed by atoms with Crippen molar-refractivity contribution in [1.82, 2.24) is 0 Å². The van der Waals surface area contributed by atoms with Gasteiger partial charge in [-0.05, 0) is 30.2 Å². The number of hydrogen-bond donors (Lipinski definition) is 0. The number of esters is 1. The van der Waals surface area contributed by atoms with Crippen LogP contribution in [0.1, 0.15) is 23.6 Å². The van der Waals surface area contributed by atoms with Gasteiger partial charge < -0.3 is 4.74 Å². The molecule has 0 atom stereocenters. The molecule has 0 heterocycles. The number of halogens is 2. The van der Waals surface area contributed by atoms with E-state index < -0.39 is 0 Å². The van der Waals surface area contributed by atoms with Crippen LogP contribution in [0, 0.1) is 11.3 Å². The molecule has 0 aliphatic rings. The minimum absolute atomic E-state index is 0.0259. The van der Waals surface area contributed by atoms with Crippen molar-refractivity contribution in [2.75, 3.05) is 6.61 Å². The van der Waals surface area contributed by atoms with E-state index in [1.165, 1.54) is 0 Å². The highest BCUT2D eigenvalue weighted by Crippen LogP contribution is 2.24. The minimum atomic E-state index is -0.377. The van der Waals surface area contributed by atoms with E-state index in [4.69, 9.17) is 21.6 Å². The lowest BCUT2D eigenvalue weighted by atomic mass is 10.0. The first kappa shape index (κ1) is 14.0. The Morgan fingerprint density at radius 1 is 1.59 bits per heavy atom. The van der Waals surface area contributed by atoms with Crippen molar-refractivity contribution in [3.8, 4) is 6.07 Å². The van der Waals surface area contributed by atoms with Crippen LogP contribution in [0.5, 0.6) is 0 Å². The third-order valence-corrected chi connectivity index (χ3v) is 3.14. The summed E-state index contributed by atoms with van der Waals surface area (Å²) in [4.78, 5) is 11.4. The summed E-state index contributed by atoms with van der Waals surface area (Å²) in [6, 6.07) is 5.50. The Kier molecular flexibility index (Phi) is 5.46. The fourth-order valence-corrected chi connectivity index (χ4v) is 2.04. The zero-order valence-corrected chi connectivity index (χ0v) is 11.6. The third kappa shape index (κ3) is 3.72. The molecule has 0 aromatic heterocycles. The second-order valence-electron chi connectivity index (χ2n) is 3.33. The number of benzene rings is 1. The maximum Gasteiger partial charge on any atom is 0.310 e. The number of ether oxygens (including phenoxy) is 1. The lowest BCUT2D eigenvalue weighted by Gasteiger charge is -2.08. The van der Waals surface area contributed by atoms with Gasteiger partial charge in [-0.3, -0.25) is 4.79 Å². The fourth-order valence-electron chi connectivity index (χ4n) is 1.41. The van der Waals surface area contributed by atoms with Crippen LogP contribution in [0.4, 0.5) is 0 Å². The Morgan fingerprint density at radius 3 is 2.82 bits per heavy atom. The molecular weight excluding hydrogens is 305 g/mol. The largest absolute Gasteiger partial charge is 0.466 e. The Labute approximate surface area is 113 Å². The molecule has 0 aliphatic heterocycles. The summed E-state index contributed by atoms with van der Waals surface area (Å²) in [6.45, 7) is 2.05. The van der Waals surface area contributed by atoms with Crippen LogP contribution in [0.2, 0.25) is 5.02 Å². The molecule has 0 bridgehead atoms. The predicted molar refractivity (Wildman–Crippen MR) is 69.1 cm³/mol. The van der Waals surface area contributed by atoms with Crippen molar-refractivity contribution in [3.63, 3.8) is 0 Å². The standard InChI is InChI=1S/C12H11BrClNO2/c1-2-17-12(16)5-10-9(7-15)3-8(6-13)4-11(10)14/h3-4H,2,5-6H2,1H3. The van der Waals surface area contributed by atoms with Gasteiger partial charge in [-0.15, -0.1) is 0 Å². The molecule has 5 heteroatoms. The SMILES string of the molecule is CCOC(=O)Cc1c(Cl)cc(CBr)cc1C#N. The molecule has 1 aromatic carbocycles. The van der Waals surface area contributed by atoms with Gasteiger partial charge in [0.05, 0.1) is 24.7 Å². The average molecular weight is 317 g/mol. The van der Waals surface area contributed by atoms with Crippen LogP contribution in [0.25, 0.3) is 0 Å². The summed E-state index contributed by atoms with van der Waals surface area (Å²) < 4.78 is 4.84. The number of nitriles is 1. The first-order valence-corrected chi connectivity index (χ1v) is 6.55. The molecule has 17 heavy (non-hydrogen) atoms. The second kappa shape index (κ2) is 6.63. The average Bonchev–Trinajstić information content (AvgIpc) is 2.31. The number of carbonyl (C=O) groups excluding carboxylic acids is 1. The van der Waals surface area contributed by atoms with Gasteiger partial charge in [0.25, 0.3) is 0 Å². The Bertz CT molecular complexity index is 468. The van der Waals surface area contributed by atoms with E-state index in [9.17, 15) is 4.79 Å². The zero-order valence-electron chi connectivity index (χ0n) is 9.30. The topological polar surface area (TPSA) is 50.1 Å². The molecular formula is C12H11BrClNO2. The van der Waals surface area contributed by atoms with E-state index in [1.807, 2.05) is 6.07 Å². The van der Waals surface area contributed by atoms with Gasteiger partial charge in [0, 0.05) is 10.4 Å². The van der Waals surface area contributed by atoms with Crippen molar-refractivity contribution >= 4 is 33.5 Å². The molecule has 3 nitrogen and oxygen atoms in total. The summed E-state index contributed by atoms with van der Waals surface area (Å²) in [6.07, 6.45) is 0.0259. The summed E-state index contributed by atoms with van der Waals surface area (Å²) in [5.74, 6) is -0.377. The summed E-state index contributed by atoms with van der Waals surface area (Å²) in [5, 5.41) is 10.1. The van der Waals surface area contributed by atoms with Crippen molar-refractivity contribution in [2.24, 2.45) is 0 Å². The number of nitrogens with zero attached hydrogens (tertiary/aromatic N) is 1. The molecule has 0 unspecified atom stereocenters. The van der Waals surface area contributed by atoms with Gasteiger partial charge in [-0.1, -0.05) is 27.5 Å². The van der Waals surface area contributed by atoms with Crippen molar-refractivity contribution in [1.29, 1.82) is 5.26 Å². The van der Waals surface area contributed by atoms with E-state index in [1.54, 1.807) is 19.1 Å². The highest BCUT2D eigenvalue weighted by molar-refractivity contribution is 9.08. The summed E-state index contributed by atoms with van der Waals surface area (Å²) in [5.41, 5.74) is 1.84. The van der Waals surface area contributed by atoms with Gasteiger partial charge in [0.2, 0.25) is 0 Å². The molecule has 0 fully saturated rings. The van der Waals surface area contributed by atoms with Crippen LogP contribution >= 0.6 is 27.5 Å².